The van der Waals surface area contributed by atoms with Crippen LogP contribution in [0.4, 0.5) is 26.7 Å². The largest absolute Gasteiger partial charge is 0.468 e. The minimum absolute atomic E-state index is 0.0504. The molecule has 2 fully saturated rings. The summed E-state index contributed by atoms with van der Waals surface area (Å²) in [4.78, 5) is 28.3. The van der Waals surface area contributed by atoms with Gasteiger partial charge in [-0.3, -0.25) is 9.88 Å². The number of nitrogens with zero attached hydrogens (tertiary/aromatic N) is 5. The van der Waals surface area contributed by atoms with E-state index < -0.39 is 47.4 Å². The Morgan fingerprint density at radius 3 is 2.63 bits per heavy atom. The molecule has 2 atom stereocenters. The minimum atomic E-state index is -4.72. The topological polar surface area (TPSA) is 108 Å². The van der Waals surface area contributed by atoms with Gasteiger partial charge in [-0.15, -0.1) is 0 Å². The number of hydrogen-bond donors (Lipinski definition) is 0. The molecule has 4 heterocycles. The summed E-state index contributed by atoms with van der Waals surface area (Å²) in [6.07, 6.45) is -0.733. The predicted octanol–water partition coefficient (Wildman–Crippen LogP) is 6.68. The summed E-state index contributed by atoms with van der Waals surface area (Å²) in [5, 5.41) is 0.723. The zero-order valence-corrected chi connectivity index (χ0v) is 28.6. The molecule has 2 aliphatic heterocycles. The molecular weight excluding hydrogens is 681 g/mol. The van der Waals surface area contributed by atoms with E-state index in [1.807, 2.05) is 0 Å². The first-order valence-corrected chi connectivity index (χ1v) is 16.5. The van der Waals surface area contributed by atoms with Crippen LogP contribution in [0.25, 0.3) is 32.9 Å². The van der Waals surface area contributed by atoms with Crippen molar-refractivity contribution in [1.29, 1.82) is 0 Å². The van der Waals surface area contributed by atoms with Gasteiger partial charge in [0, 0.05) is 39.0 Å². The first kappa shape index (κ1) is 36.2. The minimum Gasteiger partial charge on any atom is -0.468 e. The highest BCUT2D eigenvalue weighted by Crippen LogP contribution is 2.43. The van der Waals surface area contributed by atoms with Crippen molar-refractivity contribution in [2.75, 3.05) is 54.4 Å². The van der Waals surface area contributed by atoms with Crippen molar-refractivity contribution in [3.63, 3.8) is 0 Å². The number of pyridine rings is 1. The molecule has 51 heavy (non-hydrogen) atoms. The van der Waals surface area contributed by atoms with Gasteiger partial charge in [-0.1, -0.05) is 13.0 Å². The maximum atomic E-state index is 16.8. The maximum absolute atomic E-state index is 16.8. The van der Waals surface area contributed by atoms with Crippen LogP contribution in [0, 0.1) is 11.6 Å². The second-order valence-electron chi connectivity index (χ2n) is 12.9. The van der Waals surface area contributed by atoms with Gasteiger partial charge >= 0.3 is 18.3 Å². The molecule has 274 valence electrons. The summed E-state index contributed by atoms with van der Waals surface area (Å²) in [5.74, 6) is -1.77. The van der Waals surface area contributed by atoms with E-state index in [0.29, 0.717) is 28.5 Å². The molecule has 0 unspecified atom stereocenters. The number of amides is 1. The summed E-state index contributed by atoms with van der Waals surface area (Å²) < 4.78 is 98.9. The number of aromatic nitrogens is 3. The second-order valence-corrected chi connectivity index (χ2v) is 12.9. The number of hydrogen-bond acceptors (Lipinski definition) is 10. The van der Waals surface area contributed by atoms with Gasteiger partial charge in [-0.05, 0) is 73.2 Å². The van der Waals surface area contributed by atoms with Crippen molar-refractivity contribution in [2.45, 2.75) is 56.8 Å². The van der Waals surface area contributed by atoms with E-state index in [1.165, 1.54) is 30.2 Å². The van der Waals surface area contributed by atoms with E-state index >= 15 is 8.78 Å². The number of benzene rings is 2. The lowest BCUT2D eigenvalue weighted by atomic mass is 9.94. The van der Waals surface area contributed by atoms with Crippen molar-refractivity contribution >= 4 is 27.8 Å². The number of rotatable bonds is 12. The van der Waals surface area contributed by atoms with Gasteiger partial charge in [0.2, 0.25) is 5.88 Å². The van der Waals surface area contributed by atoms with E-state index in [0.717, 1.165) is 32.0 Å². The van der Waals surface area contributed by atoms with Gasteiger partial charge in [-0.25, -0.2) is 13.6 Å². The van der Waals surface area contributed by atoms with E-state index in [9.17, 15) is 18.0 Å². The highest BCUT2D eigenvalue weighted by Gasteiger charge is 2.50. The van der Waals surface area contributed by atoms with E-state index in [4.69, 9.17) is 23.7 Å². The van der Waals surface area contributed by atoms with Crippen LogP contribution in [0.2, 0.25) is 0 Å². The van der Waals surface area contributed by atoms with Crippen LogP contribution in [0.3, 0.4) is 0 Å². The Labute approximate surface area is 290 Å². The average molecular weight is 720 g/mol. The van der Waals surface area contributed by atoms with Crippen molar-refractivity contribution in [2.24, 2.45) is 0 Å². The third-order valence-electron chi connectivity index (χ3n) is 9.36. The SMILES string of the molecule is CCc1c(F)ccc2cc(OCOC)cc(-c3ncc4c(OCC(F)(F)F)nc(OC[C@]56CCCN5[C@H](COC(=O)N(C)C)CC6)nc4c3F)c12. The maximum Gasteiger partial charge on any atom is 0.422 e. The first-order chi connectivity index (χ1) is 24.3. The van der Waals surface area contributed by atoms with Crippen LogP contribution in [0.1, 0.15) is 38.2 Å². The summed E-state index contributed by atoms with van der Waals surface area (Å²) >= 11 is 0. The first-order valence-electron chi connectivity index (χ1n) is 16.5. The standard InChI is InChI=1S/C35H38F5N5O6/c1-5-23-26(36)8-7-20-13-22(51-19-47-4)14-24(27(20)23)29-28(37)30-25(15-41-29)31(49-18-35(38,39)40)43-32(42-30)50-17-34-10-6-12-45(34)21(9-11-34)16-48-33(46)44(2)3/h7-8,13-15,21H,5-6,9-12,16-19H2,1-4H3/t21-,34+/m0/s1. The molecule has 6 rings (SSSR count). The molecule has 0 spiro atoms. The van der Waals surface area contributed by atoms with Crippen LogP contribution >= 0.6 is 0 Å². The fraction of sp³-hybridized carbons (Fsp3) is 0.486. The Kier molecular flexibility index (Phi) is 10.4. The van der Waals surface area contributed by atoms with Crippen LogP contribution in [-0.4, -0.2) is 103 Å². The second kappa shape index (κ2) is 14.6. The monoisotopic (exact) mass is 719 g/mol. The molecule has 0 bridgehead atoms. The van der Waals surface area contributed by atoms with Crippen LogP contribution in [0.5, 0.6) is 17.6 Å². The van der Waals surface area contributed by atoms with Gasteiger partial charge in [-0.2, -0.15) is 23.1 Å². The fourth-order valence-electron chi connectivity index (χ4n) is 7.04. The lowest BCUT2D eigenvalue weighted by Crippen LogP contribution is -2.48. The molecule has 16 heteroatoms. The summed E-state index contributed by atoms with van der Waals surface area (Å²) in [7, 11) is 4.64. The summed E-state index contributed by atoms with van der Waals surface area (Å²) in [6.45, 7) is 0.924. The number of carbonyl (C=O) groups is 1. The number of halogens is 5. The number of alkyl halides is 3. The Morgan fingerprint density at radius 1 is 1.10 bits per heavy atom. The van der Waals surface area contributed by atoms with Crippen LogP contribution in [0.15, 0.2) is 30.5 Å². The smallest absolute Gasteiger partial charge is 0.422 e. The molecule has 0 aliphatic carbocycles. The Hall–Kier alpha value is -4.57. The zero-order valence-electron chi connectivity index (χ0n) is 28.6. The third kappa shape index (κ3) is 7.42. The molecule has 4 aromatic rings. The fourth-order valence-corrected chi connectivity index (χ4v) is 7.04. The molecule has 1 amide bonds. The predicted molar refractivity (Wildman–Crippen MR) is 176 cm³/mol. The Balaban J connectivity index is 1.40. The van der Waals surface area contributed by atoms with E-state index in [2.05, 4.69) is 19.9 Å². The van der Waals surface area contributed by atoms with E-state index in [-0.39, 0.29) is 55.1 Å². The Bertz CT molecular complexity index is 1930. The summed E-state index contributed by atoms with van der Waals surface area (Å²) in [5.41, 5.74) is -0.609. The van der Waals surface area contributed by atoms with E-state index in [1.54, 1.807) is 27.1 Å². The van der Waals surface area contributed by atoms with Crippen molar-refractivity contribution in [3.8, 4) is 28.9 Å². The molecule has 0 saturated carbocycles. The number of carbonyl (C=O) groups excluding carboxylic acids is 1. The van der Waals surface area contributed by atoms with Gasteiger partial charge in [0.25, 0.3) is 0 Å². The van der Waals surface area contributed by atoms with Crippen molar-refractivity contribution < 1.29 is 50.4 Å². The number of fused-ring (bicyclic) bond motifs is 3. The third-order valence-corrected chi connectivity index (χ3v) is 9.36. The highest BCUT2D eigenvalue weighted by molar-refractivity contribution is 6.01. The molecule has 11 nitrogen and oxygen atoms in total. The lowest BCUT2D eigenvalue weighted by molar-refractivity contribution is -0.153. The molecule has 2 saturated heterocycles. The lowest BCUT2D eigenvalue weighted by Gasteiger charge is -2.34. The number of ether oxygens (including phenoxy) is 5. The molecule has 0 radical (unpaired) electrons. The molecule has 0 N–H and O–H groups in total. The molecular formula is C35H38F5N5O6. The quantitative estimate of drug-likeness (QED) is 0.116. The highest BCUT2D eigenvalue weighted by atomic mass is 19.4. The molecule has 2 aromatic heterocycles. The molecule has 2 aromatic carbocycles. The molecule has 2 aliphatic rings. The summed E-state index contributed by atoms with van der Waals surface area (Å²) in [6, 6.07) is 5.57. The van der Waals surface area contributed by atoms with Crippen LogP contribution < -0.4 is 14.2 Å². The average Bonchev–Trinajstić information content (AvgIpc) is 3.67. The Morgan fingerprint density at radius 2 is 1.90 bits per heavy atom. The van der Waals surface area contributed by atoms with Gasteiger partial charge < -0.3 is 28.6 Å². The van der Waals surface area contributed by atoms with Gasteiger partial charge in [0.1, 0.15) is 36.0 Å². The van der Waals surface area contributed by atoms with Crippen molar-refractivity contribution in [1.82, 2.24) is 24.8 Å². The van der Waals surface area contributed by atoms with Gasteiger partial charge in [0.05, 0.1) is 10.9 Å². The number of aryl methyl sites for hydroxylation is 1. The van der Waals surface area contributed by atoms with Crippen molar-refractivity contribution in [3.05, 3.63) is 47.7 Å². The van der Waals surface area contributed by atoms with Gasteiger partial charge in [0.15, 0.2) is 19.2 Å². The number of methoxy groups -OCH3 is 1. The zero-order chi connectivity index (χ0) is 36.5. The van der Waals surface area contributed by atoms with Crippen LogP contribution in [-0.2, 0) is 15.9 Å². The normalized spacial score (nSPS) is 19.0.